The Labute approximate surface area is 493 Å². The number of nitrogens with two attached hydrogens (primary N) is 1. The Kier molecular flexibility index (Phi) is 30.7. The van der Waals surface area contributed by atoms with Gasteiger partial charge in [0, 0.05) is 32.7 Å². The number of aromatic hydroxyl groups is 1. The normalized spacial score (nSPS) is 15.9. The van der Waals surface area contributed by atoms with E-state index in [-0.39, 0.29) is 50.8 Å². The first-order valence-corrected chi connectivity index (χ1v) is 27.5. The average molecular weight is 1220 g/mol. The number of aliphatic hydroxyl groups is 3. The van der Waals surface area contributed by atoms with Crippen molar-refractivity contribution in [3.63, 3.8) is 0 Å². The highest BCUT2D eigenvalue weighted by Gasteiger charge is 2.42. The number of aliphatic hydroxyl groups excluding tert-OH is 3. The van der Waals surface area contributed by atoms with Gasteiger partial charge in [0.1, 0.15) is 60.1 Å². The van der Waals surface area contributed by atoms with Crippen LogP contribution in [0.5, 0.6) is 5.75 Å². The first kappa shape index (κ1) is 73.3. The zero-order chi connectivity index (χ0) is 65.1. The molecule has 1 aromatic rings. The van der Waals surface area contributed by atoms with Crippen LogP contribution in [0.15, 0.2) is 24.3 Å². The van der Waals surface area contributed by atoms with Gasteiger partial charge in [-0.3, -0.25) is 71.9 Å². The molecule has 1 saturated heterocycles. The molecule has 86 heavy (non-hydrogen) atoms. The summed E-state index contributed by atoms with van der Waals surface area (Å²) in [5, 5.41) is 80.5. The van der Waals surface area contributed by atoms with Crippen LogP contribution in [0.3, 0.4) is 0 Å². The van der Waals surface area contributed by atoms with Crippen LogP contribution in [0, 0.1) is 11.8 Å². The number of primary amides is 1. The maximum Gasteiger partial charge on any atom is 0.303 e. The smallest absolute Gasteiger partial charge is 0.303 e. The van der Waals surface area contributed by atoms with Gasteiger partial charge < -0.3 is 94.4 Å². The Bertz CT molecular complexity index is 2620. The Morgan fingerprint density at radius 3 is 1.53 bits per heavy atom. The van der Waals surface area contributed by atoms with E-state index in [0.717, 1.165) is 6.92 Å². The highest BCUT2D eigenvalue weighted by molar-refractivity contribution is 6.38. The number of likely N-dealkylation sites (tertiary alicyclic amines) is 1. The van der Waals surface area contributed by atoms with Crippen LogP contribution in [0.4, 0.5) is 0 Å². The number of amides is 12. The lowest BCUT2D eigenvalue weighted by molar-refractivity contribution is -0.144. The number of aliphatic carboxylic acids is 2. The van der Waals surface area contributed by atoms with E-state index in [9.17, 15) is 97.5 Å². The largest absolute Gasteiger partial charge is 0.508 e. The van der Waals surface area contributed by atoms with Gasteiger partial charge in [-0.05, 0) is 61.6 Å². The molecular weight excluding hydrogens is 1140 g/mol. The predicted octanol–water partition coefficient (Wildman–Crippen LogP) is -6.70. The van der Waals surface area contributed by atoms with Crippen LogP contribution in [0.25, 0.3) is 0 Å². The van der Waals surface area contributed by atoms with Gasteiger partial charge in [0.15, 0.2) is 0 Å². The Morgan fingerprint density at radius 2 is 1.03 bits per heavy atom. The highest BCUT2D eigenvalue weighted by atomic mass is 16.4. The second kappa shape index (κ2) is 36.1. The summed E-state index contributed by atoms with van der Waals surface area (Å²) < 4.78 is 0. The first-order valence-electron chi connectivity index (χ1n) is 27.5. The van der Waals surface area contributed by atoms with Gasteiger partial charge in [-0.1, -0.05) is 53.2 Å². The summed E-state index contributed by atoms with van der Waals surface area (Å²) in [6, 6.07) is -9.92. The molecule has 2 rings (SSSR count). The number of carboxylic acid groups (broad SMARTS) is 2. The molecule has 33 heteroatoms. The van der Waals surface area contributed by atoms with Gasteiger partial charge in [0.05, 0.1) is 32.4 Å². The monoisotopic (exact) mass is 1220 g/mol. The van der Waals surface area contributed by atoms with E-state index in [1.54, 1.807) is 34.6 Å². The zero-order valence-electron chi connectivity index (χ0n) is 48.5. The minimum Gasteiger partial charge on any atom is -0.508 e. The summed E-state index contributed by atoms with van der Waals surface area (Å²) in [5.74, 6) is -17.6. The number of carbonyl (C=O) groups excluding carboxylic acids is 13. The average Bonchev–Trinajstić information content (AvgIpc) is 2.47. The molecule has 18 N–H and O–H groups in total. The van der Waals surface area contributed by atoms with Crippen molar-refractivity contribution in [3.05, 3.63) is 29.8 Å². The van der Waals surface area contributed by atoms with Crippen LogP contribution in [0.2, 0.25) is 0 Å². The van der Waals surface area contributed by atoms with E-state index in [0.29, 0.717) is 5.56 Å². The standard InChI is InChI=1S/C53H80N12O21/c1-7-9-30(43(76)52(85)55-21-38(71)57-35(23-67)48(81)62-36(24-68)49(82)60-33(20-28-11-13-29(70)14-12-28)47(80)61-34(22-66)44(54)77)58-50(83)37-10-8-19-65(37)53(86)42(26(4)5)64-51(84)41(25(2)3)63-46(79)32(16-18-40(74)75)59-45(78)31(56-27(6)69)15-17-39(72)73/h11-14,25-26,30-37,41-42,66-68,70H,7-10,15-24H2,1-6H3,(H2,54,77)(H,55,85)(H,56,69)(H,57,71)(H,58,83)(H,59,78)(H,60,82)(H,61,80)(H,62,81)(H,63,79)(H,64,84)(H,72,73)(H,74,75)/t30-,31-,32-,33-,34-,35+,36-,37?,41-,42-/m0/s1. The van der Waals surface area contributed by atoms with Crippen molar-refractivity contribution in [1.29, 1.82) is 0 Å². The Morgan fingerprint density at radius 1 is 0.570 bits per heavy atom. The van der Waals surface area contributed by atoms with Crippen molar-refractivity contribution in [2.45, 2.75) is 160 Å². The maximum atomic E-state index is 14.3. The van der Waals surface area contributed by atoms with Crippen molar-refractivity contribution < 1.29 is 103 Å². The molecule has 478 valence electrons. The van der Waals surface area contributed by atoms with Crippen molar-refractivity contribution in [2.24, 2.45) is 17.6 Å². The van der Waals surface area contributed by atoms with Gasteiger partial charge >= 0.3 is 11.9 Å². The fourth-order valence-corrected chi connectivity index (χ4v) is 8.58. The van der Waals surface area contributed by atoms with Crippen LogP contribution in [0.1, 0.15) is 98.5 Å². The summed E-state index contributed by atoms with van der Waals surface area (Å²) in [4.78, 5) is 196. The predicted molar refractivity (Wildman–Crippen MR) is 296 cm³/mol. The fraction of sp³-hybridized carbons (Fsp3) is 0.604. The van der Waals surface area contributed by atoms with Gasteiger partial charge in [0.25, 0.3) is 5.91 Å². The number of nitrogens with one attached hydrogen (secondary N) is 10. The third-order valence-electron chi connectivity index (χ3n) is 13.3. The fourth-order valence-electron chi connectivity index (χ4n) is 8.58. The molecule has 0 spiro atoms. The lowest BCUT2D eigenvalue weighted by Crippen LogP contribution is -2.61. The van der Waals surface area contributed by atoms with Crippen molar-refractivity contribution in [3.8, 4) is 5.75 Å². The third-order valence-corrected chi connectivity index (χ3v) is 13.3. The first-order chi connectivity index (χ1) is 40.4. The van der Waals surface area contributed by atoms with Crippen molar-refractivity contribution in [1.82, 2.24) is 58.1 Å². The minimum absolute atomic E-state index is 0.00732. The summed E-state index contributed by atoms with van der Waals surface area (Å²) in [6.07, 6.45) is -1.85. The number of phenols is 1. The lowest BCUT2D eigenvalue weighted by Gasteiger charge is -2.33. The lowest BCUT2D eigenvalue weighted by atomic mass is 9.98. The Hall–Kier alpha value is -8.85. The molecule has 1 aromatic carbocycles. The minimum atomic E-state index is -1.84. The van der Waals surface area contributed by atoms with E-state index in [4.69, 9.17) is 10.8 Å². The highest BCUT2D eigenvalue weighted by Crippen LogP contribution is 2.22. The molecular formula is C53H80N12O21. The number of nitrogens with zero attached hydrogens (tertiary/aromatic N) is 1. The molecule has 0 bridgehead atoms. The summed E-state index contributed by atoms with van der Waals surface area (Å²) in [7, 11) is 0. The molecule has 1 unspecified atom stereocenters. The van der Waals surface area contributed by atoms with Crippen molar-refractivity contribution >= 4 is 88.6 Å². The molecule has 10 atom stereocenters. The van der Waals surface area contributed by atoms with E-state index >= 15 is 0 Å². The SMILES string of the molecule is CCC[C@H](NC(=O)C1CCCN1C(=O)[C@@H](NC(=O)[C@@H](NC(=O)[C@H](CCC(=O)O)NC(=O)[C@H](CCC(=O)O)NC(C)=O)C(C)C)C(C)C)C(=O)C(=O)NCC(=O)N[C@H](CO)C(=O)N[C@@H](CO)C(=O)N[C@@H](Cc1ccc(O)cc1)C(=O)N[C@@H](CO)C(N)=O. The van der Waals surface area contributed by atoms with Crippen LogP contribution < -0.4 is 58.9 Å². The summed E-state index contributed by atoms with van der Waals surface area (Å²) in [6.45, 7) is 4.87. The quantitative estimate of drug-likeness (QED) is 0.0275. The number of Topliss-reactive ketones (excluding diaryl/α,β-unsaturated/α-hetero) is 1. The molecule has 0 radical (unpaired) electrons. The second-order valence-electron chi connectivity index (χ2n) is 20.9. The van der Waals surface area contributed by atoms with E-state index in [1.807, 2.05) is 0 Å². The molecule has 12 amide bonds. The molecule has 0 aromatic heterocycles. The topological polar surface area (TPSA) is 527 Å². The van der Waals surface area contributed by atoms with Crippen LogP contribution >= 0.6 is 0 Å². The maximum absolute atomic E-state index is 14.3. The number of carbonyl (C=O) groups is 15. The number of hydrogen-bond donors (Lipinski definition) is 17. The molecule has 33 nitrogen and oxygen atoms in total. The number of ketones is 1. The Balaban J connectivity index is 2.16. The molecule has 0 aliphatic carbocycles. The van der Waals surface area contributed by atoms with E-state index < -0.39 is 206 Å². The number of phenolic OH excluding ortho intramolecular Hbond substituents is 1. The number of benzene rings is 1. The van der Waals surface area contributed by atoms with E-state index in [1.165, 1.54) is 29.2 Å². The summed E-state index contributed by atoms with van der Waals surface area (Å²) >= 11 is 0. The van der Waals surface area contributed by atoms with Gasteiger partial charge in [0.2, 0.25) is 70.8 Å². The van der Waals surface area contributed by atoms with Gasteiger partial charge in [-0.25, -0.2) is 0 Å². The number of carboxylic acids is 2. The molecule has 1 fully saturated rings. The van der Waals surface area contributed by atoms with Crippen LogP contribution in [-0.2, 0) is 78.3 Å². The summed E-state index contributed by atoms with van der Waals surface area (Å²) in [5.41, 5.74) is 5.58. The van der Waals surface area contributed by atoms with E-state index in [2.05, 4.69) is 53.2 Å². The van der Waals surface area contributed by atoms with Gasteiger partial charge in [-0.15, -0.1) is 0 Å². The van der Waals surface area contributed by atoms with Gasteiger partial charge in [-0.2, -0.15) is 0 Å². The molecule has 0 saturated carbocycles. The molecule has 1 aliphatic heterocycles. The molecule has 1 heterocycles. The third kappa shape index (κ3) is 24.0. The zero-order valence-corrected chi connectivity index (χ0v) is 48.5. The number of hydrogen-bond acceptors (Lipinski definition) is 19. The molecule has 1 aliphatic rings. The second-order valence-corrected chi connectivity index (χ2v) is 20.9. The van der Waals surface area contributed by atoms with Crippen LogP contribution in [-0.4, -0.2) is 217 Å². The van der Waals surface area contributed by atoms with Crippen molar-refractivity contribution in [2.75, 3.05) is 32.9 Å². The number of rotatable bonds is 37.